The van der Waals surface area contributed by atoms with Crippen LogP contribution in [0.2, 0.25) is 0 Å². The lowest BCUT2D eigenvalue weighted by atomic mass is 9.93. The van der Waals surface area contributed by atoms with Gasteiger partial charge in [-0.1, -0.05) is 12.1 Å². The summed E-state index contributed by atoms with van der Waals surface area (Å²) in [4.78, 5) is 53.3. The van der Waals surface area contributed by atoms with E-state index in [2.05, 4.69) is 15.4 Å². The Kier molecular flexibility index (Phi) is 6.87. The van der Waals surface area contributed by atoms with Gasteiger partial charge >= 0.3 is 12.0 Å². The molecule has 4 rings (SSSR count). The summed E-state index contributed by atoms with van der Waals surface area (Å²) in [5.41, 5.74) is 1.41. The minimum Gasteiger partial charge on any atom is -0.465 e. The number of methoxy groups -OCH3 is 1. The number of fused-ring (bicyclic) bond motifs is 1. The van der Waals surface area contributed by atoms with Crippen molar-refractivity contribution in [1.82, 2.24) is 15.1 Å². The van der Waals surface area contributed by atoms with Gasteiger partial charge in [-0.05, 0) is 61.3 Å². The zero-order valence-electron chi connectivity index (χ0n) is 18.6. The molecule has 0 saturated carbocycles. The molecule has 4 amide bonds. The zero-order valence-corrected chi connectivity index (χ0v) is 18.6. The maximum atomic E-state index is 13.3. The van der Waals surface area contributed by atoms with E-state index >= 15 is 0 Å². The lowest BCUT2D eigenvalue weighted by Gasteiger charge is -2.46. The van der Waals surface area contributed by atoms with Crippen LogP contribution in [0.3, 0.4) is 0 Å². The van der Waals surface area contributed by atoms with Crippen LogP contribution in [0.5, 0.6) is 0 Å². The van der Waals surface area contributed by atoms with E-state index in [9.17, 15) is 23.6 Å². The maximum absolute atomic E-state index is 13.3. The SMILES string of the molecule is COC(=O)c1ccc(NC(=O)CN2C(=O)N(Cc3ccc(F)cc3)C(=O)C3NCCCC32)cc1. The monoisotopic (exact) mass is 468 g/mol. The molecule has 34 heavy (non-hydrogen) atoms. The molecule has 0 radical (unpaired) electrons. The highest BCUT2D eigenvalue weighted by molar-refractivity contribution is 6.03. The standard InChI is InChI=1S/C24H25FN4O5/c1-34-23(32)16-6-10-18(11-7-16)27-20(30)14-28-19-3-2-12-26-21(19)22(31)29(24(28)33)13-15-4-8-17(25)9-5-15/h4-11,19,21,26H,2-3,12-14H2,1H3,(H,27,30). The van der Waals surface area contributed by atoms with Gasteiger partial charge in [0.2, 0.25) is 11.8 Å². The predicted octanol–water partition coefficient (Wildman–Crippen LogP) is 2.14. The number of rotatable bonds is 6. The van der Waals surface area contributed by atoms with Crippen molar-refractivity contribution >= 4 is 29.5 Å². The largest absolute Gasteiger partial charge is 0.465 e. The fraction of sp³-hybridized carbons (Fsp3) is 0.333. The third-order valence-electron chi connectivity index (χ3n) is 5.99. The highest BCUT2D eigenvalue weighted by Crippen LogP contribution is 2.26. The Morgan fingerprint density at radius 3 is 2.50 bits per heavy atom. The summed E-state index contributed by atoms with van der Waals surface area (Å²) in [5, 5.41) is 5.89. The maximum Gasteiger partial charge on any atom is 0.337 e. The highest BCUT2D eigenvalue weighted by Gasteiger charge is 2.47. The molecule has 2 aromatic rings. The number of carbonyl (C=O) groups excluding carboxylic acids is 4. The van der Waals surface area contributed by atoms with Crippen molar-refractivity contribution in [2.24, 2.45) is 0 Å². The van der Waals surface area contributed by atoms with Crippen LogP contribution in [-0.2, 0) is 20.9 Å². The number of nitrogens with zero attached hydrogens (tertiary/aromatic N) is 2. The number of urea groups is 1. The molecule has 2 heterocycles. The van der Waals surface area contributed by atoms with E-state index in [0.717, 1.165) is 11.3 Å². The van der Waals surface area contributed by atoms with Gasteiger partial charge in [-0.15, -0.1) is 0 Å². The average molecular weight is 468 g/mol. The van der Waals surface area contributed by atoms with Gasteiger partial charge in [-0.25, -0.2) is 14.0 Å². The molecule has 0 aromatic heterocycles. The van der Waals surface area contributed by atoms with Gasteiger partial charge in [0.25, 0.3) is 0 Å². The quantitative estimate of drug-likeness (QED) is 0.629. The number of halogens is 1. The molecule has 0 aliphatic carbocycles. The number of hydrogen-bond acceptors (Lipinski definition) is 6. The second kappa shape index (κ2) is 10.0. The van der Waals surface area contributed by atoms with Crippen molar-refractivity contribution in [3.8, 4) is 0 Å². The molecule has 2 aromatic carbocycles. The number of ether oxygens (including phenoxy) is 1. The van der Waals surface area contributed by atoms with Gasteiger partial charge < -0.3 is 20.3 Å². The number of carbonyl (C=O) groups is 4. The van der Waals surface area contributed by atoms with Crippen LogP contribution in [0.15, 0.2) is 48.5 Å². The summed E-state index contributed by atoms with van der Waals surface area (Å²) >= 11 is 0. The molecule has 10 heteroatoms. The number of nitrogens with one attached hydrogen (secondary N) is 2. The number of benzene rings is 2. The van der Waals surface area contributed by atoms with E-state index in [1.165, 1.54) is 48.4 Å². The molecule has 2 unspecified atom stereocenters. The van der Waals surface area contributed by atoms with Crippen LogP contribution in [0, 0.1) is 5.82 Å². The van der Waals surface area contributed by atoms with Crippen LogP contribution >= 0.6 is 0 Å². The Hall–Kier alpha value is -3.79. The van der Waals surface area contributed by atoms with Crippen molar-refractivity contribution in [3.05, 3.63) is 65.5 Å². The predicted molar refractivity (Wildman–Crippen MR) is 120 cm³/mol. The van der Waals surface area contributed by atoms with Crippen LogP contribution in [0.25, 0.3) is 0 Å². The Balaban J connectivity index is 1.49. The fourth-order valence-corrected chi connectivity index (χ4v) is 4.28. The van der Waals surface area contributed by atoms with E-state index < -0.39 is 35.8 Å². The van der Waals surface area contributed by atoms with E-state index in [1.54, 1.807) is 12.1 Å². The summed E-state index contributed by atoms with van der Waals surface area (Å²) in [6.45, 7) is 0.377. The fourth-order valence-electron chi connectivity index (χ4n) is 4.28. The first kappa shape index (κ1) is 23.4. The molecule has 9 nitrogen and oxygen atoms in total. The molecule has 2 saturated heterocycles. The van der Waals surface area contributed by atoms with Gasteiger partial charge in [-0.2, -0.15) is 0 Å². The number of piperidine rings is 1. The van der Waals surface area contributed by atoms with Crippen molar-refractivity contribution < 1.29 is 28.3 Å². The molecular formula is C24H25FN4O5. The normalized spacial score (nSPS) is 20.1. The molecule has 2 aliphatic heterocycles. The lowest BCUT2D eigenvalue weighted by molar-refractivity contribution is -0.138. The topological polar surface area (TPSA) is 108 Å². The minimum absolute atomic E-state index is 0.0179. The van der Waals surface area contributed by atoms with Crippen LogP contribution in [-0.4, -0.2) is 65.9 Å². The highest BCUT2D eigenvalue weighted by atomic mass is 19.1. The van der Waals surface area contributed by atoms with Crippen molar-refractivity contribution in [3.63, 3.8) is 0 Å². The molecule has 178 valence electrons. The second-order valence-electron chi connectivity index (χ2n) is 8.22. The van der Waals surface area contributed by atoms with Crippen LogP contribution in [0.1, 0.15) is 28.8 Å². The number of esters is 1. The third-order valence-corrected chi connectivity index (χ3v) is 5.99. The summed E-state index contributed by atoms with van der Waals surface area (Å²) in [6, 6.07) is 10.2. The molecule has 0 spiro atoms. The number of imide groups is 1. The van der Waals surface area contributed by atoms with Gasteiger partial charge in [0.05, 0.1) is 25.3 Å². The summed E-state index contributed by atoms with van der Waals surface area (Å²) < 4.78 is 17.9. The van der Waals surface area contributed by atoms with Crippen LogP contribution < -0.4 is 10.6 Å². The van der Waals surface area contributed by atoms with Crippen molar-refractivity contribution in [1.29, 1.82) is 0 Å². The summed E-state index contributed by atoms with van der Waals surface area (Å²) in [6.07, 6.45) is 1.37. The van der Waals surface area contributed by atoms with Crippen LogP contribution in [0.4, 0.5) is 14.9 Å². The number of amides is 4. The first-order valence-electron chi connectivity index (χ1n) is 11.0. The first-order chi connectivity index (χ1) is 16.4. The Morgan fingerprint density at radius 2 is 1.82 bits per heavy atom. The average Bonchev–Trinajstić information content (AvgIpc) is 2.85. The van der Waals surface area contributed by atoms with E-state index in [-0.39, 0.29) is 19.0 Å². The Morgan fingerprint density at radius 1 is 1.12 bits per heavy atom. The zero-order chi connectivity index (χ0) is 24.2. The first-order valence-corrected chi connectivity index (χ1v) is 11.0. The number of anilines is 1. The van der Waals surface area contributed by atoms with E-state index in [4.69, 9.17) is 0 Å². The lowest BCUT2D eigenvalue weighted by Crippen LogP contribution is -2.70. The van der Waals surface area contributed by atoms with E-state index in [1.807, 2.05) is 0 Å². The Labute approximate surface area is 195 Å². The molecule has 2 N–H and O–H groups in total. The van der Waals surface area contributed by atoms with Gasteiger partial charge in [-0.3, -0.25) is 14.5 Å². The summed E-state index contributed by atoms with van der Waals surface area (Å²) in [7, 11) is 1.28. The van der Waals surface area contributed by atoms with Gasteiger partial charge in [0.1, 0.15) is 18.4 Å². The molecule has 0 bridgehead atoms. The molecule has 2 atom stereocenters. The van der Waals surface area contributed by atoms with Gasteiger partial charge in [0, 0.05) is 5.69 Å². The third kappa shape index (κ3) is 4.91. The van der Waals surface area contributed by atoms with Gasteiger partial charge in [0.15, 0.2) is 0 Å². The summed E-state index contributed by atoms with van der Waals surface area (Å²) in [5.74, 6) is -1.68. The van der Waals surface area contributed by atoms with Crippen molar-refractivity contribution in [2.45, 2.75) is 31.5 Å². The molecule has 2 fully saturated rings. The Bertz CT molecular complexity index is 1090. The number of hydrogen-bond donors (Lipinski definition) is 2. The second-order valence-corrected chi connectivity index (χ2v) is 8.22. The van der Waals surface area contributed by atoms with E-state index in [0.29, 0.717) is 29.8 Å². The molecule has 2 aliphatic rings. The van der Waals surface area contributed by atoms with Crippen molar-refractivity contribution in [2.75, 3.05) is 25.5 Å². The smallest absolute Gasteiger partial charge is 0.337 e. The molecular weight excluding hydrogens is 443 g/mol. The minimum atomic E-state index is -0.612.